The van der Waals surface area contributed by atoms with Crippen molar-refractivity contribution >= 4 is 15.9 Å². The first-order valence-electron chi connectivity index (χ1n) is 4.67. The van der Waals surface area contributed by atoms with Crippen molar-refractivity contribution in [2.45, 2.75) is 0 Å². The second-order valence-corrected chi connectivity index (χ2v) is 4.02. The molecule has 2 aromatic rings. The van der Waals surface area contributed by atoms with Crippen LogP contribution in [0.15, 0.2) is 41.1 Å². The molecule has 0 amide bonds. The van der Waals surface area contributed by atoms with Gasteiger partial charge >= 0.3 is 0 Å². The Kier molecular flexibility index (Phi) is 3.35. The van der Waals surface area contributed by atoms with E-state index in [1.807, 2.05) is 6.07 Å². The summed E-state index contributed by atoms with van der Waals surface area (Å²) < 4.78 is 19.0. The fourth-order valence-corrected chi connectivity index (χ4v) is 1.47. The minimum atomic E-state index is -0.426. The van der Waals surface area contributed by atoms with Crippen molar-refractivity contribution in [3.05, 3.63) is 52.5 Å². The maximum atomic E-state index is 13.3. The molecule has 0 fully saturated rings. The van der Waals surface area contributed by atoms with E-state index in [4.69, 9.17) is 10.00 Å². The molecule has 1 aromatic heterocycles. The summed E-state index contributed by atoms with van der Waals surface area (Å²) in [5, 5.41) is 8.86. The highest BCUT2D eigenvalue weighted by atomic mass is 79.9. The summed E-state index contributed by atoms with van der Waals surface area (Å²) in [5.74, 6) is 0.192. The van der Waals surface area contributed by atoms with Crippen molar-refractivity contribution in [1.82, 2.24) is 4.98 Å². The van der Waals surface area contributed by atoms with E-state index in [0.29, 0.717) is 21.5 Å². The van der Waals surface area contributed by atoms with E-state index in [1.54, 1.807) is 6.07 Å². The highest BCUT2D eigenvalue weighted by molar-refractivity contribution is 9.10. The highest BCUT2D eigenvalue weighted by Crippen LogP contribution is 2.27. The Morgan fingerprint density at radius 2 is 2.18 bits per heavy atom. The van der Waals surface area contributed by atoms with E-state index in [2.05, 4.69) is 20.9 Å². The smallest absolute Gasteiger partial charge is 0.163 e. The van der Waals surface area contributed by atoms with E-state index < -0.39 is 5.82 Å². The zero-order valence-corrected chi connectivity index (χ0v) is 10.1. The predicted molar refractivity (Wildman–Crippen MR) is 63.1 cm³/mol. The lowest BCUT2D eigenvalue weighted by Crippen LogP contribution is -1.90. The Morgan fingerprint density at radius 1 is 1.35 bits per heavy atom. The molecule has 0 aliphatic carbocycles. The van der Waals surface area contributed by atoms with Gasteiger partial charge in [0, 0.05) is 12.3 Å². The van der Waals surface area contributed by atoms with Gasteiger partial charge in [0.05, 0.1) is 16.2 Å². The molecular weight excluding hydrogens is 287 g/mol. The fourth-order valence-electron chi connectivity index (χ4n) is 1.22. The summed E-state index contributed by atoms with van der Waals surface area (Å²) in [6.45, 7) is 0. The Morgan fingerprint density at radius 3 is 2.88 bits per heavy atom. The van der Waals surface area contributed by atoms with Crippen LogP contribution in [0.1, 0.15) is 5.56 Å². The van der Waals surface area contributed by atoms with Gasteiger partial charge in [0.2, 0.25) is 0 Å². The number of benzene rings is 1. The Balaban J connectivity index is 2.32. The number of aromatic nitrogens is 1. The third kappa shape index (κ3) is 2.60. The van der Waals surface area contributed by atoms with Gasteiger partial charge in [-0.05, 0) is 34.1 Å². The van der Waals surface area contributed by atoms with Gasteiger partial charge in [-0.3, -0.25) is 4.98 Å². The molecule has 0 aliphatic heterocycles. The molecule has 0 radical (unpaired) electrons. The molecule has 5 heteroatoms. The van der Waals surface area contributed by atoms with Crippen molar-refractivity contribution in [3.8, 4) is 17.6 Å². The van der Waals surface area contributed by atoms with Gasteiger partial charge in [0.15, 0.2) is 5.75 Å². The molecule has 2 rings (SSSR count). The number of ether oxygens (including phenoxy) is 1. The summed E-state index contributed by atoms with van der Waals surface area (Å²) >= 11 is 3.05. The minimum absolute atomic E-state index is 0.303. The van der Waals surface area contributed by atoms with Crippen molar-refractivity contribution in [2.75, 3.05) is 0 Å². The van der Waals surface area contributed by atoms with Gasteiger partial charge in [0.25, 0.3) is 0 Å². The average Bonchev–Trinajstić information content (AvgIpc) is 2.34. The maximum Gasteiger partial charge on any atom is 0.163 e. The maximum absolute atomic E-state index is 13.3. The van der Waals surface area contributed by atoms with Crippen LogP contribution in [0.3, 0.4) is 0 Å². The zero-order chi connectivity index (χ0) is 12.3. The topological polar surface area (TPSA) is 45.9 Å². The molecule has 17 heavy (non-hydrogen) atoms. The monoisotopic (exact) mass is 292 g/mol. The second kappa shape index (κ2) is 4.93. The minimum Gasteiger partial charge on any atom is -0.454 e. The van der Waals surface area contributed by atoms with Crippen LogP contribution in [0, 0.1) is 17.1 Å². The van der Waals surface area contributed by atoms with Crippen LogP contribution in [0.4, 0.5) is 4.39 Å². The third-order valence-electron chi connectivity index (χ3n) is 2.02. The first kappa shape index (κ1) is 11.6. The summed E-state index contributed by atoms with van der Waals surface area (Å²) in [7, 11) is 0. The van der Waals surface area contributed by atoms with Crippen molar-refractivity contribution < 1.29 is 9.13 Å². The molecular formula is C12H6BrFN2O. The molecule has 0 aliphatic rings. The van der Waals surface area contributed by atoms with Gasteiger partial charge < -0.3 is 4.74 Å². The number of pyridine rings is 1. The largest absolute Gasteiger partial charge is 0.454 e. The molecule has 0 spiro atoms. The molecule has 84 valence electrons. The van der Waals surface area contributed by atoms with E-state index >= 15 is 0 Å². The number of hydrogen-bond donors (Lipinski definition) is 0. The molecule has 0 atom stereocenters. The second-order valence-electron chi connectivity index (χ2n) is 3.16. The molecule has 0 saturated carbocycles. The van der Waals surface area contributed by atoms with E-state index in [9.17, 15) is 4.39 Å². The van der Waals surface area contributed by atoms with Crippen LogP contribution in [0.25, 0.3) is 0 Å². The quantitative estimate of drug-likeness (QED) is 0.849. The van der Waals surface area contributed by atoms with Crippen molar-refractivity contribution in [2.24, 2.45) is 0 Å². The van der Waals surface area contributed by atoms with Gasteiger partial charge in [-0.2, -0.15) is 5.26 Å². The van der Waals surface area contributed by atoms with Crippen molar-refractivity contribution in [1.29, 1.82) is 5.26 Å². The Labute approximate surface area is 106 Å². The molecule has 0 unspecified atom stereocenters. The van der Waals surface area contributed by atoms with Gasteiger partial charge in [-0.1, -0.05) is 0 Å². The summed E-state index contributed by atoms with van der Waals surface area (Å²) in [6.07, 6.45) is 2.91. The lowest BCUT2D eigenvalue weighted by Gasteiger charge is -2.06. The normalized spacial score (nSPS) is 9.71. The van der Waals surface area contributed by atoms with E-state index in [1.165, 1.54) is 30.6 Å². The average molecular weight is 293 g/mol. The van der Waals surface area contributed by atoms with Crippen LogP contribution < -0.4 is 4.74 Å². The summed E-state index contributed by atoms with van der Waals surface area (Å²) in [6, 6.07) is 7.87. The van der Waals surface area contributed by atoms with Gasteiger partial charge in [-0.25, -0.2) is 4.39 Å². The Hall–Kier alpha value is -1.93. The third-order valence-corrected chi connectivity index (χ3v) is 2.67. The fraction of sp³-hybridized carbons (Fsp3) is 0. The molecule has 3 nitrogen and oxygen atoms in total. The van der Waals surface area contributed by atoms with Crippen LogP contribution in [-0.4, -0.2) is 4.98 Å². The number of nitrogens with zero attached hydrogens (tertiary/aromatic N) is 2. The van der Waals surface area contributed by atoms with Crippen LogP contribution >= 0.6 is 15.9 Å². The summed E-state index contributed by atoms with van der Waals surface area (Å²) in [5.41, 5.74) is 0.350. The van der Waals surface area contributed by atoms with Crippen LogP contribution in [0.5, 0.6) is 11.5 Å². The van der Waals surface area contributed by atoms with Crippen LogP contribution in [0.2, 0.25) is 0 Å². The standard InChI is InChI=1S/C12H6BrFN2O/c13-10-2-1-9(5-11(10)14)17-12-7-16-4-3-8(12)6-15/h1-5,7H. The Bertz CT molecular complexity index is 595. The number of halogens is 2. The number of nitriles is 1. The van der Waals surface area contributed by atoms with E-state index in [0.717, 1.165) is 0 Å². The molecule has 1 heterocycles. The predicted octanol–water partition coefficient (Wildman–Crippen LogP) is 3.65. The van der Waals surface area contributed by atoms with Gasteiger partial charge in [-0.15, -0.1) is 0 Å². The first-order valence-corrected chi connectivity index (χ1v) is 5.47. The van der Waals surface area contributed by atoms with Gasteiger partial charge in [0.1, 0.15) is 17.6 Å². The highest BCUT2D eigenvalue weighted by Gasteiger charge is 2.06. The lowest BCUT2D eigenvalue weighted by molar-refractivity contribution is 0.472. The summed E-state index contributed by atoms with van der Waals surface area (Å²) in [4.78, 5) is 3.85. The first-order chi connectivity index (χ1) is 8.20. The lowest BCUT2D eigenvalue weighted by atomic mass is 10.2. The molecule has 0 saturated heterocycles. The van der Waals surface area contributed by atoms with Crippen LogP contribution in [-0.2, 0) is 0 Å². The van der Waals surface area contributed by atoms with E-state index in [-0.39, 0.29) is 0 Å². The number of rotatable bonds is 2. The SMILES string of the molecule is N#Cc1ccncc1Oc1ccc(Br)c(F)c1. The molecule has 0 N–H and O–H groups in total. The number of hydrogen-bond acceptors (Lipinski definition) is 3. The van der Waals surface area contributed by atoms with Crippen molar-refractivity contribution in [3.63, 3.8) is 0 Å². The molecule has 0 bridgehead atoms. The molecule has 1 aromatic carbocycles. The zero-order valence-electron chi connectivity index (χ0n) is 8.52.